The van der Waals surface area contributed by atoms with E-state index in [1.165, 1.54) is 32.1 Å². The molecule has 1 aliphatic heterocycles. The van der Waals surface area contributed by atoms with E-state index >= 15 is 0 Å². The first-order valence-electron chi connectivity index (χ1n) is 14.2. The average Bonchev–Trinajstić information content (AvgIpc) is 2.82. The Balaban J connectivity index is 1.75. The molecule has 7 heteroatoms. The Labute approximate surface area is 208 Å². The second-order valence-corrected chi connectivity index (χ2v) is 11.3. The Hall–Kier alpha value is -0.280. The van der Waals surface area contributed by atoms with Gasteiger partial charge >= 0.3 is 0 Å². The number of nitrogens with one attached hydrogen (secondary N) is 3. The fourth-order valence-electron chi connectivity index (χ4n) is 5.48. The van der Waals surface area contributed by atoms with Crippen molar-refractivity contribution >= 4 is 0 Å². The first-order chi connectivity index (χ1) is 16.4. The summed E-state index contributed by atoms with van der Waals surface area (Å²) in [7, 11) is 0. The summed E-state index contributed by atoms with van der Waals surface area (Å²) in [6, 6.07) is 0.0652. The molecule has 0 aromatic carbocycles. The summed E-state index contributed by atoms with van der Waals surface area (Å²) >= 11 is 0. The minimum absolute atomic E-state index is 0.103. The van der Waals surface area contributed by atoms with Gasteiger partial charge in [0.15, 0.2) is 0 Å². The predicted molar refractivity (Wildman–Crippen MR) is 138 cm³/mol. The van der Waals surface area contributed by atoms with Gasteiger partial charge in [-0.3, -0.25) is 10.6 Å². The molecule has 0 bridgehead atoms. The van der Waals surface area contributed by atoms with Gasteiger partial charge in [0.05, 0.1) is 6.10 Å². The maximum atomic E-state index is 10.7. The molecule has 2 unspecified atom stereocenters. The fraction of sp³-hybridized carbons (Fsp3) is 1.00. The number of hydrogen-bond donors (Lipinski definition) is 6. The van der Waals surface area contributed by atoms with Crippen LogP contribution in [-0.4, -0.2) is 72.3 Å². The van der Waals surface area contributed by atoms with Crippen LogP contribution in [0, 0.1) is 17.8 Å². The highest BCUT2D eigenvalue weighted by molar-refractivity contribution is 4.81. The molecule has 1 aliphatic carbocycles. The maximum Gasteiger partial charge on any atom is 0.120 e. The fourth-order valence-corrected chi connectivity index (χ4v) is 5.48. The van der Waals surface area contributed by atoms with Gasteiger partial charge in [0.1, 0.15) is 12.5 Å². The number of hydrogen-bond acceptors (Lipinski definition) is 7. The van der Waals surface area contributed by atoms with Gasteiger partial charge in [-0.25, -0.2) is 0 Å². The zero-order valence-corrected chi connectivity index (χ0v) is 22.2. The third-order valence-corrected chi connectivity index (χ3v) is 7.76. The van der Waals surface area contributed by atoms with E-state index in [0.717, 1.165) is 58.2 Å². The van der Waals surface area contributed by atoms with E-state index in [1.807, 2.05) is 0 Å². The maximum absolute atomic E-state index is 10.7. The van der Waals surface area contributed by atoms with Gasteiger partial charge < -0.3 is 25.4 Å². The van der Waals surface area contributed by atoms with Crippen molar-refractivity contribution in [2.75, 3.05) is 26.3 Å². The highest BCUT2D eigenvalue weighted by atomic mass is 16.5. The molecule has 1 saturated heterocycles. The lowest BCUT2D eigenvalue weighted by atomic mass is 9.86. The summed E-state index contributed by atoms with van der Waals surface area (Å²) < 4.78 is 5.40. The molecule has 1 saturated carbocycles. The normalized spacial score (nSPS) is 23.0. The monoisotopic (exact) mass is 485 g/mol. The van der Waals surface area contributed by atoms with E-state index in [2.05, 4.69) is 36.7 Å². The lowest BCUT2D eigenvalue weighted by Gasteiger charge is -2.31. The second-order valence-electron chi connectivity index (χ2n) is 11.3. The number of aliphatic hydroxyl groups excluding tert-OH is 3. The molecule has 0 aromatic heterocycles. The molecule has 0 spiro atoms. The Morgan fingerprint density at radius 1 is 0.824 bits per heavy atom. The molecule has 2 rings (SSSR count). The minimum atomic E-state index is -0.716. The molecule has 6 N–H and O–H groups in total. The number of rotatable bonds is 17. The molecule has 0 radical (unpaired) electrons. The van der Waals surface area contributed by atoms with Gasteiger partial charge in [-0.05, 0) is 62.7 Å². The van der Waals surface area contributed by atoms with E-state index in [4.69, 9.17) is 4.74 Å². The van der Waals surface area contributed by atoms with E-state index < -0.39 is 18.6 Å². The predicted octanol–water partition coefficient (Wildman–Crippen LogP) is 3.12. The minimum Gasteiger partial charge on any atom is -0.392 e. The molecule has 0 amide bonds. The lowest BCUT2D eigenvalue weighted by Crippen LogP contribution is -2.53. The van der Waals surface area contributed by atoms with Crippen molar-refractivity contribution < 1.29 is 20.1 Å². The van der Waals surface area contributed by atoms with Crippen molar-refractivity contribution in [2.45, 2.75) is 128 Å². The average molecular weight is 486 g/mol. The van der Waals surface area contributed by atoms with Crippen LogP contribution in [0.4, 0.5) is 0 Å². The zero-order chi connectivity index (χ0) is 24.8. The smallest absolute Gasteiger partial charge is 0.120 e. The molecule has 1 heterocycles. The molecular formula is C27H55N3O4. The summed E-state index contributed by atoms with van der Waals surface area (Å²) in [5.74, 6) is 1.76. The zero-order valence-electron chi connectivity index (χ0n) is 22.2. The molecule has 34 heavy (non-hydrogen) atoms. The molecule has 2 aliphatic rings. The van der Waals surface area contributed by atoms with E-state index in [1.54, 1.807) is 0 Å². The van der Waals surface area contributed by atoms with Crippen LogP contribution < -0.4 is 16.0 Å². The highest BCUT2D eigenvalue weighted by Gasteiger charge is 2.24. The molecule has 0 aromatic rings. The van der Waals surface area contributed by atoms with Crippen molar-refractivity contribution in [3.63, 3.8) is 0 Å². The quantitative estimate of drug-likeness (QED) is 0.176. The largest absolute Gasteiger partial charge is 0.392 e. The van der Waals surface area contributed by atoms with Crippen LogP contribution in [0.5, 0.6) is 0 Å². The van der Waals surface area contributed by atoms with Crippen LogP contribution in [0.1, 0.15) is 97.8 Å². The van der Waals surface area contributed by atoms with Gasteiger partial charge in [-0.2, -0.15) is 0 Å². The Bertz CT molecular complexity index is 498. The summed E-state index contributed by atoms with van der Waals surface area (Å²) in [5.41, 5.74) is 0. The summed E-state index contributed by atoms with van der Waals surface area (Å²) in [4.78, 5) is 0. The topological polar surface area (TPSA) is 106 Å². The van der Waals surface area contributed by atoms with Gasteiger partial charge in [0.25, 0.3) is 0 Å². The Morgan fingerprint density at radius 3 is 2.15 bits per heavy atom. The van der Waals surface area contributed by atoms with Gasteiger partial charge in [0, 0.05) is 38.4 Å². The van der Waals surface area contributed by atoms with Gasteiger partial charge in [-0.15, -0.1) is 0 Å². The molecule has 7 nitrogen and oxygen atoms in total. The Kier molecular flexibility index (Phi) is 15.2. The van der Waals surface area contributed by atoms with E-state index in [-0.39, 0.29) is 12.1 Å². The van der Waals surface area contributed by atoms with Crippen molar-refractivity contribution in [1.82, 2.24) is 16.0 Å². The van der Waals surface area contributed by atoms with Crippen LogP contribution in [0.25, 0.3) is 0 Å². The van der Waals surface area contributed by atoms with E-state index in [0.29, 0.717) is 30.8 Å². The van der Waals surface area contributed by atoms with Crippen molar-refractivity contribution in [2.24, 2.45) is 17.8 Å². The summed E-state index contributed by atoms with van der Waals surface area (Å²) in [6.45, 7) is 9.21. The molecule has 202 valence electrons. The molecular weight excluding hydrogens is 430 g/mol. The van der Waals surface area contributed by atoms with Crippen LogP contribution >= 0.6 is 0 Å². The Morgan fingerprint density at radius 2 is 1.50 bits per heavy atom. The first-order valence-corrected chi connectivity index (χ1v) is 14.2. The lowest BCUT2D eigenvalue weighted by molar-refractivity contribution is 0.0331. The van der Waals surface area contributed by atoms with Crippen LogP contribution in [0.2, 0.25) is 0 Å². The number of aliphatic hydroxyl groups is 3. The standard InChI is InChI=1S/C27H55N3O4/c1-4-25(27(33)29-19-24(31)16-22-12-14-34-15-13-22)28-18-23(11-10-20(2)3)30-26(32)17-21-8-6-5-7-9-21/h20-33H,4-19H2,1-3H3/t23?,24?,25-,26-,27-/m0/s1. The third-order valence-electron chi connectivity index (χ3n) is 7.76. The molecule has 5 atom stereocenters. The van der Waals surface area contributed by atoms with Gasteiger partial charge in [0.2, 0.25) is 0 Å². The summed E-state index contributed by atoms with van der Waals surface area (Å²) in [6.07, 6.45) is 11.3. The van der Waals surface area contributed by atoms with Crippen molar-refractivity contribution in [1.29, 1.82) is 0 Å². The third kappa shape index (κ3) is 12.6. The van der Waals surface area contributed by atoms with Crippen LogP contribution in [0.3, 0.4) is 0 Å². The van der Waals surface area contributed by atoms with Crippen molar-refractivity contribution in [3.05, 3.63) is 0 Å². The first kappa shape index (κ1) is 29.9. The second kappa shape index (κ2) is 17.2. The van der Waals surface area contributed by atoms with Crippen LogP contribution in [-0.2, 0) is 4.74 Å². The number of ether oxygens (including phenoxy) is 1. The highest BCUT2D eigenvalue weighted by Crippen LogP contribution is 2.27. The van der Waals surface area contributed by atoms with Crippen LogP contribution in [0.15, 0.2) is 0 Å². The molecule has 2 fully saturated rings. The van der Waals surface area contributed by atoms with Gasteiger partial charge in [-0.1, -0.05) is 52.9 Å². The van der Waals surface area contributed by atoms with E-state index in [9.17, 15) is 15.3 Å². The summed E-state index contributed by atoms with van der Waals surface area (Å²) in [5, 5.41) is 42.0. The SMILES string of the molecule is CC[C@H](NCC(CCC(C)C)N[C@@H](O)CC1CCCCC1)[C@H](O)NCC(O)CC1CCOCC1. The van der Waals surface area contributed by atoms with Crippen molar-refractivity contribution in [3.8, 4) is 0 Å².